The number of aromatic nitrogens is 1. The van der Waals surface area contributed by atoms with Crippen LogP contribution in [0.5, 0.6) is 5.75 Å². The standard InChI is InChI=1S/C15H15N3O2/c1-2-13(11-6-8-12(19)9-7-11)17-18-15(20)14-5-3-4-10-16-14/h2-10,17,19H,1H3,(H,18,20). The average molecular weight is 269 g/mol. The number of nitrogens with zero attached hydrogens (tertiary/aromatic N) is 1. The molecular formula is C15H15N3O2. The lowest BCUT2D eigenvalue weighted by atomic mass is 10.1. The van der Waals surface area contributed by atoms with Crippen LogP contribution in [0.1, 0.15) is 23.0 Å². The van der Waals surface area contributed by atoms with E-state index in [1.54, 1.807) is 48.7 Å². The zero-order valence-electron chi connectivity index (χ0n) is 11.0. The van der Waals surface area contributed by atoms with Gasteiger partial charge in [0, 0.05) is 6.20 Å². The highest BCUT2D eigenvalue weighted by Gasteiger charge is 2.06. The van der Waals surface area contributed by atoms with Gasteiger partial charge in [0.15, 0.2) is 0 Å². The van der Waals surface area contributed by atoms with Gasteiger partial charge < -0.3 is 5.11 Å². The molecule has 20 heavy (non-hydrogen) atoms. The molecule has 0 saturated heterocycles. The van der Waals surface area contributed by atoms with E-state index in [0.29, 0.717) is 5.69 Å². The van der Waals surface area contributed by atoms with E-state index in [4.69, 9.17) is 0 Å². The summed E-state index contributed by atoms with van der Waals surface area (Å²) in [4.78, 5) is 15.8. The van der Waals surface area contributed by atoms with Crippen molar-refractivity contribution in [2.24, 2.45) is 0 Å². The molecule has 5 nitrogen and oxygen atoms in total. The van der Waals surface area contributed by atoms with Crippen LogP contribution in [0, 0.1) is 0 Å². The number of phenolic OH excluding ortho intramolecular Hbond substituents is 1. The van der Waals surface area contributed by atoms with E-state index in [0.717, 1.165) is 11.3 Å². The smallest absolute Gasteiger partial charge is 0.288 e. The topological polar surface area (TPSA) is 74.2 Å². The maximum Gasteiger partial charge on any atom is 0.288 e. The van der Waals surface area contributed by atoms with Gasteiger partial charge in [-0.2, -0.15) is 0 Å². The fourth-order valence-electron chi connectivity index (χ4n) is 1.64. The Balaban J connectivity index is 2.02. The number of hydrogen-bond acceptors (Lipinski definition) is 4. The van der Waals surface area contributed by atoms with Gasteiger partial charge in [-0.15, -0.1) is 0 Å². The number of aromatic hydroxyl groups is 1. The maximum absolute atomic E-state index is 11.8. The van der Waals surface area contributed by atoms with Crippen LogP contribution in [0.4, 0.5) is 0 Å². The van der Waals surface area contributed by atoms with Crippen LogP contribution in [0.25, 0.3) is 5.70 Å². The van der Waals surface area contributed by atoms with E-state index in [1.807, 2.05) is 13.0 Å². The number of benzene rings is 1. The molecule has 1 aromatic heterocycles. The van der Waals surface area contributed by atoms with Crippen molar-refractivity contribution in [1.82, 2.24) is 15.8 Å². The van der Waals surface area contributed by atoms with Gasteiger partial charge >= 0.3 is 0 Å². The minimum absolute atomic E-state index is 0.196. The Morgan fingerprint density at radius 3 is 2.50 bits per heavy atom. The van der Waals surface area contributed by atoms with Crippen LogP contribution >= 0.6 is 0 Å². The number of hydrogen-bond donors (Lipinski definition) is 3. The van der Waals surface area contributed by atoms with Crippen molar-refractivity contribution >= 4 is 11.6 Å². The Morgan fingerprint density at radius 1 is 1.15 bits per heavy atom. The molecule has 3 N–H and O–H groups in total. The lowest BCUT2D eigenvalue weighted by molar-refractivity contribution is 0.0937. The minimum atomic E-state index is -0.316. The van der Waals surface area contributed by atoms with Gasteiger partial charge in [0.05, 0.1) is 5.70 Å². The van der Waals surface area contributed by atoms with Crippen molar-refractivity contribution in [3.63, 3.8) is 0 Å². The molecule has 2 rings (SSSR count). The van der Waals surface area contributed by atoms with Gasteiger partial charge in [-0.1, -0.05) is 12.1 Å². The molecule has 1 amide bonds. The SMILES string of the molecule is CC=C(NNC(=O)c1ccccn1)c1ccc(O)cc1. The second-order valence-corrected chi connectivity index (χ2v) is 4.04. The summed E-state index contributed by atoms with van der Waals surface area (Å²) < 4.78 is 0. The molecule has 0 radical (unpaired) electrons. The van der Waals surface area contributed by atoms with E-state index >= 15 is 0 Å². The predicted molar refractivity (Wildman–Crippen MR) is 76.6 cm³/mol. The van der Waals surface area contributed by atoms with Crippen molar-refractivity contribution in [1.29, 1.82) is 0 Å². The van der Waals surface area contributed by atoms with Gasteiger partial charge in [-0.3, -0.25) is 20.6 Å². The van der Waals surface area contributed by atoms with Gasteiger partial charge in [-0.05, 0) is 48.9 Å². The molecule has 0 aliphatic rings. The lowest BCUT2D eigenvalue weighted by Crippen LogP contribution is -2.36. The zero-order chi connectivity index (χ0) is 14.4. The molecule has 0 fully saturated rings. The second-order valence-electron chi connectivity index (χ2n) is 4.04. The Kier molecular flexibility index (Phi) is 4.34. The fourth-order valence-corrected chi connectivity index (χ4v) is 1.64. The summed E-state index contributed by atoms with van der Waals surface area (Å²) in [7, 11) is 0. The third-order valence-electron chi connectivity index (χ3n) is 2.68. The maximum atomic E-state index is 11.8. The van der Waals surface area contributed by atoms with Crippen LogP contribution in [0.3, 0.4) is 0 Å². The summed E-state index contributed by atoms with van der Waals surface area (Å²) in [5.74, 6) is -0.120. The minimum Gasteiger partial charge on any atom is -0.508 e. The molecule has 1 aromatic carbocycles. The number of allylic oxidation sites excluding steroid dienone is 1. The molecule has 0 aliphatic carbocycles. The van der Waals surface area contributed by atoms with Gasteiger partial charge in [-0.25, -0.2) is 0 Å². The van der Waals surface area contributed by atoms with Crippen molar-refractivity contribution in [3.8, 4) is 5.75 Å². The number of carbonyl (C=O) groups excluding carboxylic acids is 1. The first-order valence-electron chi connectivity index (χ1n) is 6.14. The average Bonchev–Trinajstić information content (AvgIpc) is 2.50. The summed E-state index contributed by atoms with van der Waals surface area (Å²) >= 11 is 0. The molecule has 0 saturated carbocycles. The summed E-state index contributed by atoms with van der Waals surface area (Å²) in [6.07, 6.45) is 3.39. The highest BCUT2D eigenvalue weighted by atomic mass is 16.3. The van der Waals surface area contributed by atoms with E-state index < -0.39 is 0 Å². The molecule has 0 atom stereocenters. The number of nitrogens with one attached hydrogen (secondary N) is 2. The molecule has 2 aromatic rings. The molecule has 1 heterocycles. The first kappa shape index (κ1) is 13.6. The quantitative estimate of drug-likeness (QED) is 0.743. The summed E-state index contributed by atoms with van der Waals surface area (Å²) in [5, 5.41) is 9.26. The third-order valence-corrected chi connectivity index (χ3v) is 2.68. The molecule has 0 unspecified atom stereocenters. The Labute approximate surface area is 117 Å². The summed E-state index contributed by atoms with van der Waals surface area (Å²) in [6.45, 7) is 1.85. The van der Waals surface area contributed by atoms with Gasteiger partial charge in [0.1, 0.15) is 11.4 Å². The van der Waals surface area contributed by atoms with Crippen molar-refractivity contribution in [2.75, 3.05) is 0 Å². The number of amides is 1. The van der Waals surface area contributed by atoms with Gasteiger partial charge in [0.2, 0.25) is 0 Å². The number of rotatable bonds is 4. The van der Waals surface area contributed by atoms with E-state index in [1.165, 1.54) is 0 Å². The first-order chi connectivity index (χ1) is 9.70. The van der Waals surface area contributed by atoms with Crippen LogP contribution in [0.2, 0.25) is 0 Å². The Bertz CT molecular complexity index is 607. The van der Waals surface area contributed by atoms with E-state index in [2.05, 4.69) is 15.8 Å². The molecule has 0 bridgehead atoms. The van der Waals surface area contributed by atoms with Crippen molar-refractivity contribution in [2.45, 2.75) is 6.92 Å². The first-order valence-corrected chi connectivity index (χ1v) is 6.14. The number of carbonyl (C=O) groups is 1. The summed E-state index contributed by atoms with van der Waals surface area (Å²) in [5.41, 5.74) is 7.34. The second kappa shape index (κ2) is 6.38. The highest BCUT2D eigenvalue weighted by Crippen LogP contribution is 2.15. The summed E-state index contributed by atoms with van der Waals surface area (Å²) in [6, 6.07) is 11.8. The van der Waals surface area contributed by atoms with Crippen LogP contribution in [-0.2, 0) is 0 Å². The van der Waals surface area contributed by atoms with Crippen LogP contribution in [-0.4, -0.2) is 16.0 Å². The van der Waals surface area contributed by atoms with E-state index in [-0.39, 0.29) is 11.7 Å². The third kappa shape index (κ3) is 3.35. The largest absolute Gasteiger partial charge is 0.508 e. The Morgan fingerprint density at radius 2 is 1.90 bits per heavy atom. The number of pyridine rings is 1. The van der Waals surface area contributed by atoms with E-state index in [9.17, 15) is 9.90 Å². The van der Waals surface area contributed by atoms with Gasteiger partial charge in [0.25, 0.3) is 5.91 Å². The predicted octanol–water partition coefficient (Wildman–Crippen LogP) is 2.08. The molecule has 0 spiro atoms. The Hall–Kier alpha value is -2.82. The monoisotopic (exact) mass is 269 g/mol. The normalized spacial score (nSPS) is 10.9. The van der Waals surface area contributed by atoms with Crippen molar-refractivity contribution in [3.05, 3.63) is 66.0 Å². The number of hydrazine groups is 1. The highest BCUT2D eigenvalue weighted by molar-refractivity contribution is 5.92. The molecular weight excluding hydrogens is 254 g/mol. The fraction of sp³-hybridized carbons (Fsp3) is 0.0667. The lowest BCUT2D eigenvalue weighted by Gasteiger charge is -2.12. The molecule has 0 aliphatic heterocycles. The molecule has 102 valence electrons. The van der Waals surface area contributed by atoms with Crippen molar-refractivity contribution < 1.29 is 9.90 Å². The number of phenols is 1. The zero-order valence-corrected chi connectivity index (χ0v) is 11.0. The van der Waals surface area contributed by atoms with Crippen LogP contribution in [0.15, 0.2) is 54.7 Å². The molecule has 5 heteroatoms. The van der Waals surface area contributed by atoms with Crippen LogP contribution < -0.4 is 10.9 Å².